The second-order valence-corrected chi connectivity index (χ2v) is 4.92. The van der Waals surface area contributed by atoms with Gasteiger partial charge in [0.2, 0.25) is 0 Å². The predicted octanol–water partition coefficient (Wildman–Crippen LogP) is 4.12. The minimum atomic E-state index is -2.69. The molecule has 1 fully saturated rings. The summed E-state index contributed by atoms with van der Waals surface area (Å²) >= 11 is 0. The van der Waals surface area contributed by atoms with Gasteiger partial charge < -0.3 is 4.74 Å². The Balaban J connectivity index is 2.56. The molecule has 0 radical (unpaired) electrons. The van der Waals surface area contributed by atoms with Crippen LogP contribution >= 0.6 is 0 Å². The highest BCUT2D eigenvalue weighted by Gasteiger charge is 2.49. The van der Waals surface area contributed by atoms with E-state index in [1.165, 1.54) is 0 Å². The largest absolute Gasteiger partial charge is 0.496 e. The standard InChI is InChI=1S/C14H18F2O/c1-8-7-12(14(15,16)11-5-6-11)9(2)10(3)13(8)17-4/h7,11H,5-6H2,1-4H3. The van der Waals surface area contributed by atoms with Gasteiger partial charge in [0.15, 0.2) is 0 Å². The average molecular weight is 240 g/mol. The van der Waals surface area contributed by atoms with Crippen LogP contribution in [-0.4, -0.2) is 7.11 Å². The van der Waals surface area contributed by atoms with Crippen molar-refractivity contribution in [2.75, 3.05) is 7.11 Å². The molecule has 0 N–H and O–H groups in total. The fraction of sp³-hybridized carbons (Fsp3) is 0.571. The Hall–Kier alpha value is -1.12. The molecule has 94 valence electrons. The summed E-state index contributed by atoms with van der Waals surface area (Å²) in [6.45, 7) is 5.41. The molecule has 0 spiro atoms. The number of methoxy groups -OCH3 is 1. The van der Waals surface area contributed by atoms with Crippen LogP contribution in [0.4, 0.5) is 8.78 Å². The van der Waals surface area contributed by atoms with Crippen LogP contribution < -0.4 is 4.74 Å². The highest BCUT2D eigenvalue weighted by Crippen LogP contribution is 2.51. The molecule has 0 atom stereocenters. The van der Waals surface area contributed by atoms with E-state index in [4.69, 9.17) is 4.74 Å². The second-order valence-electron chi connectivity index (χ2n) is 4.92. The minimum Gasteiger partial charge on any atom is -0.496 e. The van der Waals surface area contributed by atoms with Crippen molar-refractivity contribution in [3.05, 3.63) is 28.3 Å². The van der Waals surface area contributed by atoms with Crippen LogP contribution in [0.3, 0.4) is 0 Å². The molecule has 0 aromatic heterocycles. The van der Waals surface area contributed by atoms with E-state index in [-0.39, 0.29) is 5.56 Å². The van der Waals surface area contributed by atoms with Gasteiger partial charge in [0.25, 0.3) is 5.92 Å². The van der Waals surface area contributed by atoms with E-state index in [9.17, 15) is 8.78 Å². The summed E-state index contributed by atoms with van der Waals surface area (Å²) in [6, 6.07) is 1.58. The third-order valence-corrected chi connectivity index (χ3v) is 3.68. The van der Waals surface area contributed by atoms with Crippen molar-refractivity contribution in [1.82, 2.24) is 0 Å². The van der Waals surface area contributed by atoms with Gasteiger partial charge in [-0.2, -0.15) is 0 Å². The molecule has 0 amide bonds. The van der Waals surface area contributed by atoms with Crippen molar-refractivity contribution < 1.29 is 13.5 Å². The molecule has 1 aliphatic rings. The first kappa shape index (κ1) is 12.3. The normalized spacial score (nSPS) is 16.1. The van der Waals surface area contributed by atoms with Crippen molar-refractivity contribution in [2.24, 2.45) is 5.92 Å². The van der Waals surface area contributed by atoms with Crippen LogP contribution in [0.2, 0.25) is 0 Å². The summed E-state index contributed by atoms with van der Waals surface area (Å²) in [5.74, 6) is -2.43. The van der Waals surface area contributed by atoms with E-state index in [0.29, 0.717) is 18.4 Å². The first-order valence-electron chi connectivity index (χ1n) is 5.92. The van der Waals surface area contributed by atoms with E-state index >= 15 is 0 Å². The van der Waals surface area contributed by atoms with Crippen LogP contribution in [0, 0.1) is 26.7 Å². The number of ether oxygens (including phenoxy) is 1. The summed E-state index contributed by atoms with van der Waals surface area (Å²) in [4.78, 5) is 0. The summed E-state index contributed by atoms with van der Waals surface area (Å²) in [5, 5.41) is 0. The molecule has 0 bridgehead atoms. The van der Waals surface area contributed by atoms with Crippen LogP contribution in [0.5, 0.6) is 5.75 Å². The molecular weight excluding hydrogens is 222 g/mol. The van der Waals surface area contributed by atoms with E-state index in [0.717, 1.165) is 16.9 Å². The zero-order chi connectivity index (χ0) is 12.8. The van der Waals surface area contributed by atoms with E-state index < -0.39 is 11.8 Å². The molecule has 0 heterocycles. The number of aryl methyl sites for hydroxylation is 1. The lowest BCUT2D eigenvalue weighted by atomic mass is 9.92. The van der Waals surface area contributed by atoms with Crippen LogP contribution in [-0.2, 0) is 5.92 Å². The third-order valence-electron chi connectivity index (χ3n) is 3.68. The van der Waals surface area contributed by atoms with Crippen molar-refractivity contribution >= 4 is 0 Å². The second kappa shape index (κ2) is 3.97. The number of hydrogen-bond acceptors (Lipinski definition) is 1. The van der Waals surface area contributed by atoms with E-state index in [1.807, 2.05) is 13.8 Å². The number of benzene rings is 1. The highest BCUT2D eigenvalue weighted by molar-refractivity contribution is 5.50. The molecule has 0 unspecified atom stereocenters. The average Bonchev–Trinajstić information content (AvgIpc) is 3.07. The number of hydrogen-bond donors (Lipinski definition) is 0. The monoisotopic (exact) mass is 240 g/mol. The lowest BCUT2D eigenvalue weighted by Crippen LogP contribution is -2.18. The SMILES string of the molecule is COc1c(C)cc(C(F)(F)C2CC2)c(C)c1C. The van der Waals surface area contributed by atoms with Crippen molar-refractivity contribution in [3.63, 3.8) is 0 Å². The first-order chi connectivity index (χ1) is 7.89. The predicted molar refractivity (Wildman–Crippen MR) is 63.8 cm³/mol. The Labute approximate surface area is 101 Å². The third kappa shape index (κ3) is 1.92. The molecule has 17 heavy (non-hydrogen) atoms. The Kier molecular flexibility index (Phi) is 2.88. The zero-order valence-corrected chi connectivity index (χ0v) is 10.7. The molecule has 1 aromatic carbocycles. The fourth-order valence-corrected chi connectivity index (χ4v) is 2.38. The van der Waals surface area contributed by atoms with Crippen molar-refractivity contribution in [1.29, 1.82) is 0 Å². The first-order valence-corrected chi connectivity index (χ1v) is 5.92. The highest BCUT2D eigenvalue weighted by atomic mass is 19.3. The molecule has 0 saturated heterocycles. The van der Waals surface area contributed by atoms with Crippen LogP contribution in [0.25, 0.3) is 0 Å². The lowest BCUT2D eigenvalue weighted by molar-refractivity contribution is -0.0292. The van der Waals surface area contributed by atoms with Gasteiger partial charge in [-0.15, -0.1) is 0 Å². The summed E-state index contributed by atoms with van der Waals surface area (Å²) < 4.78 is 33.6. The van der Waals surface area contributed by atoms with E-state index in [2.05, 4.69) is 0 Å². The van der Waals surface area contributed by atoms with Gasteiger partial charge >= 0.3 is 0 Å². The maximum absolute atomic E-state index is 14.2. The minimum absolute atomic E-state index is 0.177. The summed E-state index contributed by atoms with van der Waals surface area (Å²) in [7, 11) is 1.58. The van der Waals surface area contributed by atoms with Crippen molar-refractivity contribution in [2.45, 2.75) is 39.5 Å². The number of halogens is 2. The topological polar surface area (TPSA) is 9.23 Å². The quantitative estimate of drug-likeness (QED) is 0.772. The Morgan fingerprint density at radius 1 is 1.18 bits per heavy atom. The summed E-state index contributed by atoms with van der Waals surface area (Å²) in [6.07, 6.45) is 1.27. The van der Waals surface area contributed by atoms with Crippen molar-refractivity contribution in [3.8, 4) is 5.75 Å². The van der Waals surface area contributed by atoms with Gasteiger partial charge in [-0.1, -0.05) is 0 Å². The zero-order valence-electron chi connectivity index (χ0n) is 10.7. The van der Waals surface area contributed by atoms with Gasteiger partial charge in [0, 0.05) is 11.5 Å². The van der Waals surface area contributed by atoms with Crippen LogP contribution in [0.15, 0.2) is 6.07 Å². The Morgan fingerprint density at radius 3 is 2.24 bits per heavy atom. The maximum Gasteiger partial charge on any atom is 0.276 e. The van der Waals surface area contributed by atoms with Gasteiger partial charge in [-0.25, -0.2) is 8.78 Å². The molecule has 0 aliphatic heterocycles. The van der Waals surface area contributed by atoms with Gasteiger partial charge in [0.1, 0.15) is 5.75 Å². The molecular formula is C14H18F2O. The molecule has 1 aliphatic carbocycles. The Morgan fingerprint density at radius 2 is 1.76 bits per heavy atom. The van der Waals surface area contributed by atoms with Gasteiger partial charge in [0.05, 0.1) is 7.11 Å². The number of alkyl halides is 2. The molecule has 1 nitrogen and oxygen atoms in total. The molecule has 1 saturated carbocycles. The molecule has 1 aromatic rings. The maximum atomic E-state index is 14.2. The van der Waals surface area contributed by atoms with E-state index in [1.54, 1.807) is 20.1 Å². The Bertz CT molecular complexity index is 448. The van der Waals surface area contributed by atoms with Crippen LogP contribution in [0.1, 0.15) is 35.1 Å². The van der Waals surface area contributed by atoms with Gasteiger partial charge in [-0.3, -0.25) is 0 Å². The summed E-state index contributed by atoms with van der Waals surface area (Å²) in [5.41, 5.74) is 2.44. The lowest BCUT2D eigenvalue weighted by Gasteiger charge is -2.22. The molecule has 2 rings (SSSR count). The smallest absolute Gasteiger partial charge is 0.276 e. The molecule has 3 heteroatoms. The van der Waals surface area contributed by atoms with Gasteiger partial charge in [-0.05, 0) is 56.4 Å². The number of rotatable bonds is 3. The fourth-order valence-electron chi connectivity index (χ4n) is 2.38.